The van der Waals surface area contributed by atoms with E-state index in [1.54, 1.807) is 5.57 Å². The van der Waals surface area contributed by atoms with Crippen molar-refractivity contribution in [3.63, 3.8) is 0 Å². The zero-order valence-corrected chi connectivity index (χ0v) is 12.2. The fourth-order valence-corrected chi connectivity index (χ4v) is 3.70. The Hall–Kier alpha value is -1.89. The van der Waals surface area contributed by atoms with Crippen molar-refractivity contribution in [1.82, 2.24) is 0 Å². The Labute approximate surface area is 119 Å². The molecule has 4 rings (SSSR count). The summed E-state index contributed by atoms with van der Waals surface area (Å²) >= 11 is 0. The van der Waals surface area contributed by atoms with Gasteiger partial charge in [-0.3, -0.25) is 0 Å². The summed E-state index contributed by atoms with van der Waals surface area (Å²) in [6, 6.07) is 9.09. The minimum atomic E-state index is 1.14. The number of aromatic nitrogens is 1. The van der Waals surface area contributed by atoms with Gasteiger partial charge in [-0.2, -0.15) is 4.57 Å². The Kier molecular flexibility index (Phi) is 2.56. The van der Waals surface area contributed by atoms with Gasteiger partial charge in [0.1, 0.15) is 6.54 Å². The summed E-state index contributed by atoms with van der Waals surface area (Å²) in [5.41, 5.74) is 5.94. The lowest BCUT2D eigenvalue weighted by molar-refractivity contribution is -0.677. The molecule has 2 aliphatic rings. The number of hydrogen-bond donors (Lipinski definition) is 0. The van der Waals surface area contributed by atoms with E-state index in [1.165, 1.54) is 45.4 Å². The van der Waals surface area contributed by atoms with E-state index in [2.05, 4.69) is 54.8 Å². The molecular formula is C19H20N+. The Morgan fingerprint density at radius 3 is 2.75 bits per heavy atom. The number of benzene rings is 1. The third-order valence-corrected chi connectivity index (χ3v) is 4.69. The standard InChI is InChI=1S/C19H20N/c1-13-5-7-15-9-10-16-8-6-14(2)20-11-3-4-17(12-13)18(15)19(16)20/h5-10H,3-4,11-12H2,1-2H3/q+1. The smallest absolute Gasteiger partial charge is 0.195 e. The minimum Gasteiger partial charge on any atom is -0.195 e. The van der Waals surface area contributed by atoms with E-state index >= 15 is 0 Å². The van der Waals surface area contributed by atoms with Crippen LogP contribution >= 0.6 is 0 Å². The summed E-state index contributed by atoms with van der Waals surface area (Å²) in [5, 5.41) is 4.28. The van der Waals surface area contributed by atoms with E-state index < -0.39 is 0 Å². The first kappa shape index (κ1) is 11.9. The number of hydrogen-bond acceptors (Lipinski definition) is 0. The zero-order valence-electron chi connectivity index (χ0n) is 12.2. The lowest BCUT2D eigenvalue weighted by atomic mass is 9.99. The van der Waals surface area contributed by atoms with Gasteiger partial charge in [0.2, 0.25) is 5.52 Å². The first-order chi connectivity index (χ1) is 9.74. The number of pyridine rings is 1. The molecule has 2 aromatic rings. The quantitative estimate of drug-likeness (QED) is 0.642. The van der Waals surface area contributed by atoms with Gasteiger partial charge in [0.05, 0.1) is 5.22 Å². The maximum atomic E-state index is 2.52. The maximum Gasteiger partial charge on any atom is 0.220 e. The van der Waals surface area contributed by atoms with Crippen molar-refractivity contribution in [2.75, 3.05) is 0 Å². The van der Waals surface area contributed by atoms with Gasteiger partial charge in [-0.25, -0.2) is 0 Å². The highest BCUT2D eigenvalue weighted by Crippen LogP contribution is 2.20. The average Bonchev–Trinajstić information content (AvgIpc) is 2.72. The molecule has 0 bridgehead atoms. The van der Waals surface area contributed by atoms with Gasteiger partial charge in [-0.15, -0.1) is 0 Å². The lowest BCUT2D eigenvalue weighted by Crippen LogP contribution is -2.43. The molecule has 1 aliphatic carbocycles. The van der Waals surface area contributed by atoms with Gasteiger partial charge < -0.3 is 0 Å². The third kappa shape index (κ3) is 1.66. The third-order valence-electron chi connectivity index (χ3n) is 4.69. The van der Waals surface area contributed by atoms with Crippen molar-refractivity contribution in [2.24, 2.45) is 0 Å². The minimum absolute atomic E-state index is 1.14. The van der Waals surface area contributed by atoms with Crippen LogP contribution in [-0.2, 0) is 6.54 Å². The van der Waals surface area contributed by atoms with Crippen LogP contribution in [0.3, 0.4) is 0 Å². The van der Waals surface area contributed by atoms with E-state index in [-0.39, 0.29) is 0 Å². The average molecular weight is 262 g/mol. The molecule has 0 N–H and O–H groups in total. The summed E-state index contributed by atoms with van der Waals surface area (Å²) in [7, 11) is 0. The van der Waals surface area contributed by atoms with Crippen LogP contribution in [0.4, 0.5) is 0 Å². The number of nitrogens with zero attached hydrogens (tertiary/aromatic N) is 1. The summed E-state index contributed by atoms with van der Waals surface area (Å²) in [6.45, 7) is 5.63. The SMILES string of the molecule is CC1=CC=c2ccc3ccc(C)[n+]4c3c2=C(CCC4)C1. The Morgan fingerprint density at radius 2 is 1.85 bits per heavy atom. The molecular weight excluding hydrogens is 242 g/mol. The highest BCUT2D eigenvalue weighted by molar-refractivity contribution is 5.80. The fourth-order valence-electron chi connectivity index (χ4n) is 3.70. The van der Waals surface area contributed by atoms with Gasteiger partial charge in [-0.05, 0) is 37.1 Å². The second kappa shape index (κ2) is 4.31. The van der Waals surface area contributed by atoms with E-state index in [0.717, 1.165) is 13.0 Å². The van der Waals surface area contributed by atoms with Gasteiger partial charge >= 0.3 is 0 Å². The summed E-state index contributed by atoms with van der Waals surface area (Å²) in [4.78, 5) is 0. The monoisotopic (exact) mass is 262 g/mol. The number of allylic oxidation sites excluding steroid dienone is 2. The van der Waals surface area contributed by atoms with Gasteiger partial charge in [0.15, 0.2) is 5.69 Å². The number of aryl methyl sites for hydroxylation is 2. The van der Waals surface area contributed by atoms with Gasteiger partial charge in [0.25, 0.3) is 0 Å². The molecule has 100 valence electrons. The molecule has 0 unspecified atom stereocenters. The van der Waals surface area contributed by atoms with Crippen LogP contribution in [0.1, 0.15) is 31.9 Å². The van der Waals surface area contributed by atoms with Crippen LogP contribution in [0.5, 0.6) is 0 Å². The molecule has 0 radical (unpaired) electrons. The molecule has 0 saturated heterocycles. The molecule has 1 aliphatic heterocycles. The van der Waals surface area contributed by atoms with Crippen LogP contribution in [0.2, 0.25) is 0 Å². The highest BCUT2D eigenvalue weighted by atomic mass is 15.0. The van der Waals surface area contributed by atoms with E-state index in [4.69, 9.17) is 0 Å². The van der Waals surface area contributed by atoms with E-state index in [0.29, 0.717) is 0 Å². The normalized spacial score (nSPS) is 17.3. The van der Waals surface area contributed by atoms with Crippen LogP contribution < -0.4 is 15.0 Å². The fraction of sp³-hybridized carbons (Fsp3) is 0.316. The largest absolute Gasteiger partial charge is 0.220 e. The molecule has 2 heterocycles. The molecule has 0 fully saturated rings. The van der Waals surface area contributed by atoms with Gasteiger partial charge in [0, 0.05) is 24.8 Å². The highest BCUT2D eigenvalue weighted by Gasteiger charge is 2.20. The molecule has 0 atom stereocenters. The van der Waals surface area contributed by atoms with Crippen molar-refractivity contribution in [3.05, 3.63) is 52.0 Å². The van der Waals surface area contributed by atoms with E-state index in [9.17, 15) is 0 Å². The first-order valence-corrected chi connectivity index (χ1v) is 7.56. The molecule has 1 nitrogen and oxygen atoms in total. The molecule has 0 amide bonds. The van der Waals surface area contributed by atoms with Crippen LogP contribution in [0, 0.1) is 6.92 Å². The summed E-state index contributed by atoms with van der Waals surface area (Å²) in [6.07, 6.45) is 8.21. The second-order valence-corrected chi connectivity index (χ2v) is 6.16. The molecule has 1 aromatic heterocycles. The van der Waals surface area contributed by atoms with Gasteiger partial charge in [-0.1, -0.05) is 29.4 Å². The Balaban J connectivity index is 2.29. The number of rotatable bonds is 0. The molecule has 0 spiro atoms. The first-order valence-electron chi connectivity index (χ1n) is 7.56. The molecule has 20 heavy (non-hydrogen) atoms. The molecule has 0 saturated carbocycles. The van der Waals surface area contributed by atoms with Crippen molar-refractivity contribution < 1.29 is 4.57 Å². The van der Waals surface area contributed by atoms with Crippen molar-refractivity contribution in [1.29, 1.82) is 0 Å². The van der Waals surface area contributed by atoms with Crippen molar-refractivity contribution >= 4 is 22.6 Å². The van der Waals surface area contributed by atoms with E-state index in [1.807, 2.05) is 0 Å². The summed E-state index contributed by atoms with van der Waals surface area (Å²) < 4.78 is 2.52. The topological polar surface area (TPSA) is 3.88 Å². The Morgan fingerprint density at radius 1 is 1.00 bits per heavy atom. The van der Waals surface area contributed by atoms with Crippen LogP contribution in [0.15, 0.2) is 35.9 Å². The molecule has 1 aromatic carbocycles. The maximum absolute atomic E-state index is 2.52. The zero-order chi connectivity index (χ0) is 13.7. The molecule has 1 heteroatoms. The predicted molar refractivity (Wildman–Crippen MR) is 83.6 cm³/mol. The lowest BCUT2D eigenvalue weighted by Gasteiger charge is -2.04. The van der Waals surface area contributed by atoms with Crippen molar-refractivity contribution in [2.45, 2.75) is 39.7 Å². The van der Waals surface area contributed by atoms with Crippen LogP contribution in [0.25, 0.3) is 22.6 Å². The Bertz CT molecular complexity index is 869. The predicted octanol–water partition coefficient (Wildman–Crippen LogP) is 2.51. The second-order valence-electron chi connectivity index (χ2n) is 6.16. The summed E-state index contributed by atoms with van der Waals surface area (Å²) in [5.74, 6) is 0. The van der Waals surface area contributed by atoms with Crippen molar-refractivity contribution in [3.8, 4) is 0 Å². The van der Waals surface area contributed by atoms with Crippen LogP contribution in [-0.4, -0.2) is 0 Å².